The number of nitriles is 1. The van der Waals surface area contributed by atoms with Crippen LogP contribution in [-0.4, -0.2) is 25.0 Å². The van der Waals surface area contributed by atoms with E-state index in [0.29, 0.717) is 39.5 Å². The predicted octanol–water partition coefficient (Wildman–Crippen LogP) is 7.10. The van der Waals surface area contributed by atoms with E-state index in [1.54, 1.807) is 24.3 Å². The van der Waals surface area contributed by atoms with Crippen LogP contribution >= 0.6 is 31.9 Å². The largest absolute Gasteiger partial charge is 0.490 e. The number of hydrogen-bond donors (Lipinski definition) is 2. The number of nitrogens with zero attached hydrogens (tertiary/aromatic N) is 1. The molecule has 0 saturated carbocycles. The Bertz CT molecular complexity index is 1430. The number of nitrogens with one attached hydrogen (secondary N) is 2. The van der Waals surface area contributed by atoms with Crippen LogP contribution in [-0.2, 0) is 9.59 Å². The Balaban J connectivity index is 1.77. The van der Waals surface area contributed by atoms with E-state index in [4.69, 9.17) is 9.47 Å². The minimum Gasteiger partial charge on any atom is -0.490 e. The maximum absolute atomic E-state index is 12.7. The van der Waals surface area contributed by atoms with Crippen molar-refractivity contribution in [2.24, 2.45) is 0 Å². The molecule has 3 rings (SSSR count). The first-order chi connectivity index (χ1) is 18.1. The van der Waals surface area contributed by atoms with Crippen LogP contribution in [0.25, 0.3) is 6.08 Å². The molecule has 9 heteroatoms. The summed E-state index contributed by atoms with van der Waals surface area (Å²) in [5, 5.41) is 15.2. The fourth-order valence-electron chi connectivity index (χ4n) is 3.43. The molecule has 0 atom stereocenters. The van der Waals surface area contributed by atoms with E-state index < -0.39 is 5.91 Å². The van der Waals surface area contributed by atoms with Crippen molar-refractivity contribution in [1.29, 1.82) is 5.26 Å². The van der Waals surface area contributed by atoms with E-state index in [-0.39, 0.29) is 18.1 Å². The third-order valence-corrected chi connectivity index (χ3v) is 6.77. The van der Waals surface area contributed by atoms with E-state index in [1.165, 1.54) is 6.08 Å². The normalized spacial score (nSPS) is 10.9. The van der Waals surface area contributed by atoms with Crippen LogP contribution in [0.5, 0.6) is 11.5 Å². The lowest BCUT2D eigenvalue weighted by Crippen LogP contribution is -2.21. The second kappa shape index (κ2) is 13.3. The van der Waals surface area contributed by atoms with Crippen molar-refractivity contribution in [3.05, 3.63) is 85.3 Å². The van der Waals surface area contributed by atoms with Gasteiger partial charge in [0, 0.05) is 10.2 Å². The highest BCUT2D eigenvalue weighted by atomic mass is 79.9. The van der Waals surface area contributed by atoms with Gasteiger partial charge in [-0.15, -0.1) is 0 Å². The van der Waals surface area contributed by atoms with Gasteiger partial charge in [-0.05, 0) is 119 Å². The van der Waals surface area contributed by atoms with Gasteiger partial charge in [0.15, 0.2) is 18.1 Å². The van der Waals surface area contributed by atoms with Crippen LogP contribution < -0.4 is 20.1 Å². The van der Waals surface area contributed by atoms with Gasteiger partial charge in [-0.1, -0.05) is 17.7 Å². The molecule has 0 heterocycles. The van der Waals surface area contributed by atoms with Crippen molar-refractivity contribution in [1.82, 2.24) is 0 Å². The van der Waals surface area contributed by atoms with Crippen LogP contribution in [0, 0.1) is 32.1 Å². The van der Waals surface area contributed by atoms with Gasteiger partial charge in [0.2, 0.25) is 0 Å². The molecule has 0 bridgehead atoms. The first kappa shape index (κ1) is 29.0. The average molecular weight is 641 g/mol. The molecule has 2 amide bonds. The molecule has 2 N–H and O–H groups in total. The number of amides is 2. The molecule has 0 aliphatic carbocycles. The van der Waals surface area contributed by atoms with Crippen molar-refractivity contribution in [3.63, 3.8) is 0 Å². The van der Waals surface area contributed by atoms with Crippen LogP contribution in [0.1, 0.15) is 29.2 Å². The Morgan fingerprint density at radius 1 is 0.947 bits per heavy atom. The van der Waals surface area contributed by atoms with Gasteiger partial charge in [0.1, 0.15) is 11.6 Å². The summed E-state index contributed by atoms with van der Waals surface area (Å²) in [7, 11) is 0. The lowest BCUT2D eigenvalue weighted by atomic mass is 10.1. The van der Waals surface area contributed by atoms with Gasteiger partial charge in [-0.2, -0.15) is 5.26 Å². The maximum Gasteiger partial charge on any atom is 0.266 e. The second-order valence-electron chi connectivity index (χ2n) is 8.51. The summed E-state index contributed by atoms with van der Waals surface area (Å²) in [5.74, 6) is -0.169. The zero-order valence-electron chi connectivity index (χ0n) is 21.4. The SMILES string of the molecule is CCOc1cc(/C=C(/C#N)C(=O)Nc2ccc(C)cc2)cc(Br)c1OCC(=O)Nc1cc(C)c(C)cc1Br. The Labute approximate surface area is 239 Å². The maximum atomic E-state index is 12.7. The highest BCUT2D eigenvalue weighted by Gasteiger charge is 2.16. The Hall–Kier alpha value is -3.61. The quantitative estimate of drug-likeness (QED) is 0.192. The van der Waals surface area contributed by atoms with E-state index in [1.807, 2.05) is 58.0 Å². The monoisotopic (exact) mass is 639 g/mol. The summed E-state index contributed by atoms with van der Waals surface area (Å²) in [6, 6.07) is 16.4. The van der Waals surface area contributed by atoms with Crippen LogP contribution in [0.4, 0.5) is 11.4 Å². The average Bonchev–Trinajstić information content (AvgIpc) is 2.86. The lowest BCUT2D eigenvalue weighted by Gasteiger charge is -2.15. The molecular formula is C29H27Br2N3O4. The summed E-state index contributed by atoms with van der Waals surface area (Å²) < 4.78 is 12.8. The van der Waals surface area contributed by atoms with Crippen LogP contribution in [0.3, 0.4) is 0 Å². The molecule has 3 aromatic carbocycles. The topological polar surface area (TPSA) is 100 Å². The van der Waals surface area contributed by atoms with Gasteiger partial charge in [0.25, 0.3) is 11.8 Å². The zero-order chi connectivity index (χ0) is 27.8. The highest BCUT2D eigenvalue weighted by Crippen LogP contribution is 2.37. The van der Waals surface area contributed by atoms with Gasteiger partial charge in [-0.3, -0.25) is 9.59 Å². The predicted molar refractivity (Wildman–Crippen MR) is 156 cm³/mol. The molecular weight excluding hydrogens is 614 g/mol. The van der Waals surface area contributed by atoms with Crippen molar-refractivity contribution in [2.75, 3.05) is 23.8 Å². The Kier molecular flexibility index (Phi) is 10.1. The fourth-order valence-corrected chi connectivity index (χ4v) is 4.56. The molecule has 0 saturated heterocycles. The fraction of sp³-hybridized carbons (Fsp3) is 0.207. The molecule has 196 valence electrons. The highest BCUT2D eigenvalue weighted by molar-refractivity contribution is 9.11. The van der Waals surface area contributed by atoms with Gasteiger partial charge < -0.3 is 20.1 Å². The summed E-state index contributed by atoms with van der Waals surface area (Å²) in [5.41, 5.74) is 4.94. The van der Waals surface area contributed by atoms with Gasteiger partial charge in [0.05, 0.1) is 16.8 Å². The third-order valence-electron chi connectivity index (χ3n) is 5.52. The molecule has 0 unspecified atom stereocenters. The molecule has 0 aliphatic heterocycles. The Morgan fingerprint density at radius 2 is 1.63 bits per heavy atom. The summed E-state index contributed by atoms with van der Waals surface area (Å²) in [6.07, 6.45) is 1.46. The number of carbonyl (C=O) groups excluding carboxylic acids is 2. The Morgan fingerprint density at radius 3 is 2.29 bits per heavy atom. The number of ether oxygens (including phenoxy) is 2. The lowest BCUT2D eigenvalue weighted by molar-refractivity contribution is -0.118. The standard InChI is InChI=1S/C29H27Br2N3O4/c1-5-37-26-14-20(12-21(15-32)29(36)33-22-8-6-17(2)7-9-22)13-24(31)28(26)38-16-27(35)34-25-11-19(4)18(3)10-23(25)30/h6-14H,5,16H2,1-4H3,(H,33,36)(H,34,35)/b21-12-. The van der Waals surface area contributed by atoms with Crippen molar-refractivity contribution in [2.45, 2.75) is 27.7 Å². The summed E-state index contributed by atoms with van der Waals surface area (Å²) >= 11 is 6.94. The van der Waals surface area contributed by atoms with E-state index in [2.05, 4.69) is 42.5 Å². The van der Waals surface area contributed by atoms with Gasteiger partial charge in [-0.25, -0.2) is 0 Å². The number of carbonyl (C=O) groups is 2. The smallest absolute Gasteiger partial charge is 0.266 e. The first-order valence-corrected chi connectivity index (χ1v) is 13.4. The van der Waals surface area contributed by atoms with Crippen LogP contribution in [0.15, 0.2) is 63.0 Å². The number of rotatable bonds is 9. The number of halogens is 2. The molecule has 7 nitrogen and oxygen atoms in total. The van der Waals surface area contributed by atoms with Crippen molar-refractivity contribution < 1.29 is 19.1 Å². The third kappa shape index (κ3) is 7.70. The van der Waals surface area contributed by atoms with E-state index >= 15 is 0 Å². The molecule has 0 aromatic heterocycles. The van der Waals surface area contributed by atoms with Crippen molar-refractivity contribution in [3.8, 4) is 17.6 Å². The number of benzene rings is 3. The van der Waals surface area contributed by atoms with E-state index in [0.717, 1.165) is 21.2 Å². The van der Waals surface area contributed by atoms with Crippen molar-refractivity contribution >= 4 is 61.1 Å². The number of hydrogen-bond acceptors (Lipinski definition) is 5. The summed E-state index contributed by atoms with van der Waals surface area (Å²) in [4.78, 5) is 25.3. The number of aryl methyl sites for hydroxylation is 3. The molecule has 0 fully saturated rings. The van der Waals surface area contributed by atoms with E-state index in [9.17, 15) is 14.9 Å². The minimum atomic E-state index is -0.528. The number of anilines is 2. The molecule has 0 radical (unpaired) electrons. The molecule has 38 heavy (non-hydrogen) atoms. The van der Waals surface area contributed by atoms with Crippen LogP contribution in [0.2, 0.25) is 0 Å². The minimum absolute atomic E-state index is 0.0769. The van der Waals surface area contributed by atoms with Gasteiger partial charge >= 0.3 is 0 Å². The molecule has 3 aromatic rings. The zero-order valence-corrected chi connectivity index (χ0v) is 24.6. The second-order valence-corrected chi connectivity index (χ2v) is 10.2. The molecule has 0 spiro atoms. The first-order valence-electron chi connectivity index (χ1n) is 11.8. The molecule has 0 aliphatic rings. The summed E-state index contributed by atoms with van der Waals surface area (Å²) in [6.45, 7) is 7.83.